The zero-order valence-corrected chi connectivity index (χ0v) is 10.4. The molecule has 1 aliphatic rings. The topological polar surface area (TPSA) is 61.8 Å². The highest BCUT2D eigenvalue weighted by atomic mass is 16.4. The van der Waals surface area contributed by atoms with Gasteiger partial charge in [0.25, 0.3) is 0 Å². The van der Waals surface area contributed by atoms with Crippen LogP contribution in [0.2, 0.25) is 0 Å². The Morgan fingerprint density at radius 3 is 2.62 bits per heavy atom. The van der Waals surface area contributed by atoms with E-state index >= 15 is 0 Å². The maximum absolute atomic E-state index is 8.41. The summed E-state index contributed by atoms with van der Waals surface area (Å²) < 4.78 is 0. The molecular weight excluding hydrogens is 202 g/mol. The summed E-state index contributed by atoms with van der Waals surface area (Å²) in [6, 6.07) is 0.814. The van der Waals surface area contributed by atoms with E-state index in [1.165, 1.54) is 25.7 Å². The van der Waals surface area contributed by atoms with Crippen LogP contribution in [0.1, 0.15) is 51.9 Å². The molecule has 0 aliphatic heterocycles. The van der Waals surface area contributed by atoms with Crippen molar-refractivity contribution in [2.75, 3.05) is 13.1 Å². The van der Waals surface area contributed by atoms with Gasteiger partial charge in [-0.3, -0.25) is 0 Å². The number of amidine groups is 1. The van der Waals surface area contributed by atoms with Crippen LogP contribution in [0.5, 0.6) is 0 Å². The molecule has 0 heterocycles. The van der Waals surface area contributed by atoms with E-state index < -0.39 is 0 Å². The molecule has 94 valence electrons. The Kier molecular flexibility index (Phi) is 6.23. The van der Waals surface area contributed by atoms with Crippen LogP contribution in [-0.4, -0.2) is 35.1 Å². The summed E-state index contributed by atoms with van der Waals surface area (Å²) in [5.74, 6) is 0.351. The molecule has 0 aromatic carbocycles. The maximum atomic E-state index is 8.41. The fourth-order valence-electron chi connectivity index (χ4n) is 2.54. The van der Waals surface area contributed by atoms with Crippen LogP contribution < -0.4 is 5.73 Å². The third-order valence-electron chi connectivity index (χ3n) is 3.50. The largest absolute Gasteiger partial charge is 0.409 e. The Morgan fingerprint density at radius 1 is 1.38 bits per heavy atom. The molecule has 4 nitrogen and oxygen atoms in total. The van der Waals surface area contributed by atoms with E-state index in [0.717, 1.165) is 32.0 Å². The second-order valence-electron chi connectivity index (χ2n) is 4.62. The van der Waals surface area contributed by atoms with Crippen molar-refractivity contribution >= 4 is 5.84 Å². The van der Waals surface area contributed by atoms with Crippen molar-refractivity contribution in [2.24, 2.45) is 10.9 Å². The molecule has 0 atom stereocenters. The van der Waals surface area contributed by atoms with E-state index in [0.29, 0.717) is 12.3 Å². The van der Waals surface area contributed by atoms with E-state index in [4.69, 9.17) is 10.9 Å². The minimum atomic E-state index is 0.351. The predicted octanol–water partition coefficient (Wildman–Crippen LogP) is 2.17. The molecule has 4 heteroatoms. The minimum absolute atomic E-state index is 0.351. The zero-order chi connectivity index (χ0) is 11.8. The van der Waals surface area contributed by atoms with Gasteiger partial charge in [-0.25, -0.2) is 0 Å². The van der Waals surface area contributed by atoms with E-state index in [-0.39, 0.29) is 0 Å². The van der Waals surface area contributed by atoms with Gasteiger partial charge >= 0.3 is 0 Å². The minimum Gasteiger partial charge on any atom is -0.409 e. The standard InChI is InChI=1S/C12H25N3O/c1-2-15(11-7-3-4-8-11)10-6-5-9-12(13)14-16/h11,16H,2-10H2,1H3,(H2,13,14). The number of rotatable bonds is 7. The van der Waals surface area contributed by atoms with Crippen LogP contribution in [0.25, 0.3) is 0 Å². The molecule has 0 unspecified atom stereocenters. The van der Waals surface area contributed by atoms with E-state index in [1.807, 2.05) is 0 Å². The summed E-state index contributed by atoms with van der Waals surface area (Å²) in [4.78, 5) is 2.58. The summed E-state index contributed by atoms with van der Waals surface area (Å²) in [6.45, 7) is 4.54. The highest BCUT2D eigenvalue weighted by molar-refractivity contribution is 5.79. The highest BCUT2D eigenvalue weighted by Crippen LogP contribution is 2.23. The average molecular weight is 227 g/mol. The molecule has 0 aromatic rings. The monoisotopic (exact) mass is 227 g/mol. The first kappa shape index (κ1) is 13.3. The molecule has 0 radical (unpaired) electrons. The van der Waals surface area contributed by atoms with Crippen molar-refractivity contribution in [1.29, 1.82) is 0 Å². The van der Waals surface area contributed by atoms with Crippen molar-refractivity contribution in [3.05, 3.63) is 0 Å². The molecule has 0 bridgehead atoms. The van der Waals surface area contributed by atoms with Crippen molar-refractivity contribution in [2.45, 2.75) is 57.9 Å². The van der Waals surface area contributed by atoms with Crippen LogP contribution >= 0.6 is 0 Å². The van der Waals surface area contributed by atoms with Gasteiger partial charge in [0.15, 0.2) is 0 Å². The molecule has 1 aliphatic carbocycles. The molecule has 3 N–H and O–H groups in total. The summed E-state index contributed by atoms with van der Waals surface area (Å²) >= 11 is 0. The Hall–Kier alpha value is -0.770. The van der Waals surface area contributed by atoms with Gasteiger partial charge < -0.3 is 15.8 Å². The molecule has 0 amide bonds. The third kappa shape index (κ3) is 4.39. The lowest BCUT2D eigenvalue weighted by molar-refractivity contribution is 0.205. The Labute approximate surface area is 98.5 Å². The molecule has 1 saturated carbocycles. The number of unbranched alkanes of at least 4 members (excludes halogenated alkanes) is 1. The van der Waals surface area contributed by atoms with Gasteiger partial charge in [0.05, 0.1) is 0 Å². The van der Waals surface area contributed by atoms with Crippen LogP contribution in [0.4, 0.5) is 0 Å². The molecule has 0 aromatic heterocycles. The Morgan fingerprint density at radius 2 is 2.06 bits per heavy atom. The first-order valence-electron chi connectivity index (χ1n) is 6.48. The Balaban J connectivity index is 2.13. The fourth-order valence-corrected chi connectivity index (χ4v) is 2.54. The third-order valence-corrected chi connectivity index (χ3v) is 3.50. The van der Waals surface area contributed by atoms with Crippen LogP contribution in [0.3, 0.4) is 0 Å². The molecular formula is C12H25N3O. The van der Waals surface area contributed by atoms with Crippen molar-refractivity contribution < 1.29 is 5.21 Å². The number of nitrogens with zero attached hydrogens (tertiary/aromatic N) is 2. The molecule has 1 fully saturated rings. The quantitative estimate of drug-likeness (QED) is 0.230. The SMILES string of the molecule is CCN(CCCC/C(N)=N/O)C1CCCC1. The van der Waals surface area contributed by atoms with E-state index in [1.54, 1.807) is 0 Å². The van der Waals surface area contributed by atoms with Gasteiger partial charge in [-0.05, 0) is 38.8 Å². The number of hydrogen-bond donors (Lipinski definition) is 2. The van der Waals surface area contributed by atoms with Gasteiger partial charge in [0.1, 0.15) is 5.84 Å². The van der Waals surface area contributed by atoms with Crippen LogP contribution in [-0.2, 0) is 0 Å². The van der Waals surface area contributed by atoms with Gasteiger partial charge in [-0.15, -0.1) is 0 Å². The molecule has 1 rings (SSSR count). The van der Waals surface area contributed by atoms with Gasteiger partial charge in [-0.1, -0.05) is 24.9 Å². The fraction of sp³-hybridized carbons (Fsp3) is 0.917. The van der Waals surface area contributed by atoms with Crippen molar-refractivity contribution in [3.8, 4) is 0 Å². The first-order valence-corrected chi connectivity index (χ1v) is 6.48. The second-order valence-corrected chi connectivity index (χ2v) is 4.62. The van der Waals surface area contributed by atoms with Crippen molar-refractivity contribution in [3.63, 3.8) is 0 Å². The van der Waals surface area contributed by atoms with Crippen molar-refractivity contribution in [1.82, 2.24) is 4.90 Å². The lowest BCUT2D eigenvalue weighted by Crippen LogP contribution is -2.34. The maximum Gasteiger partial charge on any atom is 0.139 e. The summed E-state index contributed by atoms with van der Waals surface area (Å²) in [7, 11) is 0. The molecule has 16 heavy (non-hydrogen) atoms. The van der Waals surface area contributed by atoms with Crippen LogP contribution in [0, 0.1) is 0 Å². The van der Waals surface area contributed by atoms with Gasteiger partial charge in [0, 0.05) is 12.5 Å². The smallest absolute Gasteiger partial charge is 0.139 e. The van der Waals surface area contributed by atoms with Gasteiger partial charge in [0.2, 0.25) is 0 Å². The number of hydrogen-bond acceptors (Lipinski definition) is 3. The summed E-state index contributed by atoms with van der Waals surface area (Å²) in [5.41, 5.74) is 5.43. The lowest BCUT2D eigenvalue weighted by atomic mass is 10.1. The predicted molar refractivity (Wildman–Crippen MR) is 66.8 cm³/mol. The highest BCUT2D eigenvalue weighted by Gasteiger charge is 2.20. The second kappa shape index (κ2) is 7.49. The number of nitrogens with two attached hydrogens (primary N) is 1. The first-order chi connectivity index (χ1) is 7.77. The molecule has 0 spiro atoms. The number of oxime groups is 1. The average Bonchev–Trinajstić information content (AvgIpc) is 2.82. The van der Waals surface area contributed by atoms with E-state index in [9.17, 15) is 0 Å². The summed E-state index contributed by atoms with van der Waals surface area (Å²) in [5, 5.41) is 11.4. The van der Waals surface area contributed by atoms with Gasteiger partial charge in [-0.2, -0.15) is 0 Å². The van der Waals surface area contributed by atoms with E-state index in [2.05, 4.69) is 17.0 Å². The molecule has 0 saturated heterocycles. The Bertz CT molecular complexity index is 212. The normalized spacial score (nSPS) is 18.5. The zero-order valence-electron chi connectivity index (χ0n) is 10.4. The summed E-state index contributed by atoms with van der Waals surface area (Å²) in [6.07, 6.45) is 8.39. The lowest BCUT2D eigenvalue weighted by Gasteiger charge is -2.27. The van der Waals surface area contributed by atoms with Crippen LogP contribution in [0.15, 0.2) is 5.16 Å².